The second kappa shape index (κ2) is 10.7. The molecule has 0 bridgehead atoms. The summed E-state index contributed by atoms with van der Waals surface area (Å²) in [6.07, 6.45) is -3.42. The van der Waals surface area contributed by atoms with Gasteiger partial charge in [-0.05, 0) is 55.7 Å². The summed E-state index contributed by atoms with van der Waals surface area (Å²) in [5.74, 6) is -0.970. The number of nitriles is 1. The first-order valence-electron chi connectivity index (χ1n) is 10.7. The third-order valence-electron chi connectivity index (χ3n) is 5.63. The third-order valence-corrected chi connectivity index (χ3v) is 6.20. The molecule has 2 aliphatic rings. The summed E-state index contributed by atoms with van der Waals surface area (Å²) in [6.45, 7) is 1.93. The molecule has 0 fully saturated rings. The van der Waals surface area contributed by atoms with E-state index in [0.29, 0.717) is 34.7 Å². The van der Waals surface area contributed by atoms with Crippen molar-refractivity contribution in [1.29, 1.82) is 5.26 Å². The van der Waals surface area contributed by atoms with E-state index >= 15 is 0 Å². The number of nitrogens with two attached hydrogens (primary N) is 1. The molecule has 0 aromatic heterocycles. The Kier molecular flexibility index (Phi) is 8.16. The molecule has 1 heterocycles. The van der Waals surface area contributed by atoms with Gasteiger partial charge in [0.05, 0.1) is 33.8 Å². The molecule has 1 aliphatic carbocycles. The van der Waals surface area contributed by atoms with Crippen molar-refractivity contribution in [3.05, 3.63) is 86.3 Å². The Hall–Kier alpha value is -2.99. The number of carbonyl (C=O) groups excluding carboxylic acids is 1. The monoisotopic (exact) mass is 523 g/mol. The molecule has 2 aromatic rings. The Balaban J connectivity index is 0.00000108. The summed E-state index contributed by atoms with van der Waals surface area (Å²) in [6, 6.07) is 11.7. The topological polar surface area (TPSA) is 90.3 Å². The predicted molar refractivity (Wildman–Crippen MR) is 129 cm³/mol. The van der Waals surface area contributed by atoms with Crippen LogP contribution in [-0.4, -0.2) is 17.5 Å². The van der Waals surface area contributed by atoms with Crippen LogP contribution in [0.2, 0.25) is 10.0 Å². The quantitative estimate of drug-likeness (QED) is 0.480. The maximum absolute atomic E-state index is 13.4. The lowest BCUT2D eigenvalue weighted by Crippen LogP contribution is -2.39. The minimum atomic E-state index is -4.60. The number of hydrogen-bond donors (Lipinski definition) is 2. The van der Waals surface area contributed by atoms with Crippen LogP contribution in [0.15, 0.2) is 65.1 Å². The van der Waals surface area contributed by atoms with Crippen molar-refractivity contribution in [3.8, 4) is 6.07 Å². The summed E-state index contributed by atoms with van der Waals surface area (Å²) in [4.78, 5) is 14.4. The summed E-state index contributed by atoms with van der Waals surface area (Å²) in [5, 5.41) is 18.0. The van der Waals surface area contributed by atoms with E-state index in [1.807, 2.05) is 0 Å². The number of rotatable bonds is 2. The maximum Gasteiger partial charge on any atom is 0.416 e. The molecule has 0 saturated heterocycles. The fourth-order valence-corrected chi connectivity index (χ4v) is 4.54. The van der Waals surface area contributed by atoms with Gasteiger partial charge in [-0.1, -0.05) is 35.3 Å². The molecule has 3 N–H and O–H groups in total. The highest BCUT2D eigenvalue weighted by molar-refractivity contribution is 6.33. The van der Waals surface area contributed by atoms with Gasteiger partial charge in [0.25, 0.3) is 0 Å². The standard InChI is InChI=1S/C23H16Cl2F3N3O.C2H6O/c24-14-7-4-12(5-8-14)20-15(11-29)22(30)31(17-2-1-3-19(32)21(17)20)18-10-13(23(26,27)28)6-9-16(18)25;1-2-3/h4-10,20H,1-3,30H2;3H,2H2,1H3. The van der Waals surface area contributed by atoms with Gasteiger partial charge in [0.15, 0.2) is 5.78 Å². The number of carbonyl (C=O) groups is 1. The van der Waals surface area contributed by atoms with E-state index in [2.05, 4.69) is 6.07 Å². The van der Waals surface area contributed by atoms with Gasteiger partial charge < -0.3 is 10.8 Å². The van der Waals surface area contributed by atoms with Gasteiger partial charge in [-0.25, -0.2) is 0 Å². The molecule has 0 radical (unpaired) electrons. The summed E-state index contributed by atoms with van der Waals surface area (Å²) in [5.41, 5.74) is 6.95. The molecule has 1 aliphatic heterocycles. The van der Waals surface area contributed by atoms with Crippen LogP contribution < -0.4 is 10.6 Å². The molecule has 0 spiro atoms. The molecule has 5 nitrogen and oxygen atoms in total. The SMILES string of the molecule is CCO.N#CC1=C(N)N(c2cc(C(F)(F)F)ccc2Cl)C2=C(C(=O)CCC2)C1c1ccc(Cl)cc1. The largest absolute Gasteiger partial charge is 0.416 e. The Morgan fingerprint density at radius 2 is 1.80 bits per heavy atom. The van der Waals surface area contributed by atoms with Crippen LogP contribution in [0.3, 0.4) is 0 Å². The van der Waals surface area contributed by atoms with Gasteiger partial charge in [0, 0.05) is 29.3 Å². The highest BCUT2D eigenvalue weighted by Gasteiger charge is 2.41. The van der Waals surface area contributed by atoms with Crippen LogP contribution in [0.25, 0.3) is 0 Å². The van der Waals surface area contributed by atoms with Crippen LogP contribution in [0.5, 0.6) is 0 Å². The second-order valence-corrected chi connectivity index (χ2v) is 8.69. The zero-order valence-electron chi connectivity index (χ0n) is 18.7. The Bertz CT molecular complexity index is 1230. The molecule has 184 valence electrons. The summed E-state index contributed by atoms with van der Waals surface area (Å²) in [7, 11) is 0. The highest BCUT2D eigenvalue weighted by Crippen LogP contribution is 2.48. The van der Waals surface area contributed by atoms with Crippen molar-refractivity contribution in [2.24, 2.45) is 5.73 Å². The second-order valence-electron chi connectivity index (χ2n) is 7.85. The van der Waals surface area contributed by atoms with Gasteiger partial charge in [-0.3, -0.25) is 9.69 Å². The number of halogens is 5. The van der Waals surface area contributed by atoms with Crippen molar-refractivity contribution < 1.29 is 23.1 Å². The smallest absolute Gasteiger partial charge is 0.397 e. The fourth-order valence-electron chi connectivity index (χ4n) is 4.21. The Morgan fingerprint density at radius 3 is 2.37 bits per heavy atom. The van der Waals surface area contributed by atoms with Crippen molar-refractivity contribution >= 4 is 34.7 Å². The van der Waals surface area contributed by atoms with Crippen LogP contribution in [0.1, 0.15) is 43.2 Å². The number of hydrogen-bond acceptors (Lipinski definition) is 5. The molecule has 1 atom stereocenters. The zero-order valence-corrected chi connectivity index (χ0v) is 20.2. The van der Waals surface area contributed by atoms with E-state index < -0.39 is 17.7 Å². The number of allylic oxidation sites excluding steroid dienone is 3. The lowest BCUT2D eigenvalue weighted by Gasteiger charge is -2.40. The first kappa shape index (κ1) is 26.6. The van der Waals surface area contributed by atoms with E-state index in [9.17, 15) is 23.2 Å². The molecule has 2 aromatic carbocycles. The molecule has 10 heteroatoms. The van der Waals surface area contributed by atoms with Crippen LogP contribution in [-0.2, 0) is 11.0 Å². The van der Waals surface area contributed by atoms with E-state index in [1.165, 1.54) is 4.90 Å². The van der Waals surface area contributed by atoms with Crippen molar-refractivity contribution in [2.45, 2.75) is 38.3 Å². The number of ketones is 1. The molecular formula is C25H22Cl2F3N3O2. The molecular weight excluding hydrogens is 502 g/mol. The summed E-state index contributed by atoms with van der Waals surface area (Å²) < 4.78 is 40.2. The van der Waals surface area contributed by atoms with Crippen LogP contribution >= 0.6 is 23.2 Å². The van der Waals surface area contributed by atoms with Gasteiger partial charge in [0.1, 0.15) is 5.82 Å². The van der Waals surface area contributed by atoms with Crippen LogP contribution in [0.4, 0.5) is 18.9 Å². The molecule has 0 saturated carbocycles. The molecule has 35 heavy (non-hydrogen) atoms. The number of benzene rings is 2. The first-order valence-corrected chi connectivity index (χ1v) is 11.5. The predicted octanol–water partition coefficient (Wildman–Crippen LogP) is 6.32. The average Bonchev–Trinajstić information content (AvgIpc) is 2.80. The van der Waals surface area contributed by atoms with Crippen molar-refractivity contribution in [3.63, 3.8) is 0 Å². The van der Waals surface area contributed by atoms with Gasteiger partial charge in [-0.15, -0.1) is 0 Å². The minimum Gasteiger partial charge on any atom is -0.397 e. The molecule has 0 amide bonds. The number of alkyl halides is 3. The molecule has 4 rings (SSSR count). The number of aliphatic hydroxyl groups excluding tert-OH is 1. The number of Topliss-reactive ketones (excluding diaryl/α,β-unsaturated/α-hetero) is 1. The lowest BCUT2D eigenvalue weighted by molar-refractivity contribution is -0.137. The van der Waals surface area contributed by atoms with E-state index in [-0.39, 0.29) is 40.9 Å². The van der Waals surface area contributed by atoms with Gasteiger partial charge in [-0.2, -0.15) is 18.4 Å². The normalized spacial score (nSPS) is 18.1. The van der Waals surface area contributed by atoms with Crippen LogP contribution in [0, 0.1) is 11.3 Å². The molecule has 1 unspecified atom stereocenters. The zero-order chi connectivity index (χ0) is 25.9. The van der Waals surface area contributed by atoms with E-state index in [0.717, 1.165) is 18.2 Å². The fraction of sp³-hybridized carbons (Fsp3) is 0.280. The van der Waals surface area contributed by atoms with Gasteiger partial charge >= 0.3 is 6.18 Å². The maximum atomic E-state index is 13.4. The van der Waals surface area contributed by atoms with Crippen molar-refractivity contribution in [1.82, 2.24) is 0 Å². The number of aliphatic hydroxyl groups is 1. The summed E-state index contributed by atoms with van der Waals surface area (Å²) >= 11 is 12.3. The average molecular weight is 524 g/mol. The lowest BCUT2D eigenvalue weighted by atomic mass is 9.75. The Labute approximate surface area is 210 Å². The highest BCUT2D eigenvalue weighted by atomic mass is 35.5. The third kappa shape index (κ3) is 5.32. The Morgan fingerprint density at radius 1 is 1.17 bits per heavy atom. The van der Waals surface area contributed by atoms with E-state index in [1.54, 1.807) is 31.2 Å². The number of nitrogens with zero attached hydrogens (tertiary/aromatic N) is 2. The van der Waals surface area contributed by atoms with Gasteiger partial charge in [0.2, 0.25) is 0 Å². The van der Waals surface area contributed by atoms with E-state index in [4.69, 9.17) is 34.0 Å². The first-order chi connectivity index (χ1) is 16.5. The number of anilines is 1. The minimum absolute atomic E-state index is 0.0213. The van der Waals surface area contributed by atoms with Crippen molar-refractivity contribution in [2.75, 3.05) is 11.5 Å².